The first-order chi connectivity index (χ1) is 12.6. The average Bonchev–Trinajstić information content (AvgIpc) is 3.26. The largest absolute Gasteiger partial charge is 0.454 e. The number of nitrogens with one attached hydrogen (secondary N) is 2. The fourth-order valence-electron chi connectivity index (χ4n) is 2.60. The summed E-state index contributed by atoms with van der Waals surface area (Å²) in [6.45, 7) is 4.35. The summed E-state index contributed by atoms with van der Waals surface area (Å²) in [5, 5.41) is 8.00. The molecule has 0 fully saturated rings. The van der Waals surface area contributed by atoms with Crippen molar-refractivity contribution < 1.29 is 14.3 Å². The first-order valence-corrected chi connectivity index (χ1v) is 8.97. The van der Waals surface area contributed by atoms with Crippen LogP contribution in [0.5, 0.6) is 11.5 Å². The Balaban J connectivity index is 1.43. The first kappa shape index (κ1) is 16.4. The summed E-state index contributed by atoms with van der Waals surface area (Å²) in [4.78, 5) is 16.7. The number of benzene rings is 2. The second kappa shape index (κ2) is 6.68. The molecule has 2 amide bonds. The first-order valence-electron chi connectivity index (χ1n) is 8.09. The molecule has 0 atom stereocenters. The standard InChI is InChI=1S/C19H17N3O3S/c1-11-3-4-13(7-12(11)2)15-9-26-19(21-15)22-18(23)20-14-5-6-16-17(8-14)25-10-24-16/h3-9H,10H2,1-2H3,(H2,20,21,22,23). The lowest BCUT2D eigenvalue weighted by Gasteiger charge is -2.06. The summed E-state index contributed by atoms with van der Waals surface area (Å²) in [5.41, 5.74) is 4.96. The van der Waals surface area contributed by atoms with E-state index in [-0.39, 0.29) is 12.8 Å². The van der Waals surface area contributed by atoms with Gasteiger partial charge in [-0.3, -0.25) is 5.32 Å². The van der Waals surface area contributed by atoms with Crippen LogP contribution in [0.15, 0.2) is 41.8 Å². The molecule has 0 unspecified atom stereocenters. The number of thiazole rings is 1. The molecule has 0 saturated heterocycles. The normalized spacial score (nSPS) is 12.1. The van der Waals surface area contributed by atoms with Gasteiger partial charge in [0.2, 0.25) is 6.79 Å². The monoisotopic (exact) mass is 367 g/mol. The molecule has 7 heteroatoms. The van der Waals surface area contributed by atoms with Crippen LogP contribution < -0.4 is 20.1 Å². The number of ether oxygens (including phenoxy) is 2. The third-order valence-corrected chi connectivity index (χ3v) is 4.92. The summed E-state index contributed by atoms with van der Waals surface area (Å²) >= 11 is 1.39. The van der Waals surface area contributed by atoms with Gasteiger partial charge in [-0.25, -0.2) is 9.78 Å². The maximum Gasteiger partial charge on any atom is 0.325 e. The molecule has 26 heavy (non-hydrogen) atoms. The summed E-state index contributed by atoms with van der Waals surface area (Å²) in [6, 6.07) is 11.1. The van der Waals surface area contributed by atoms with Crippen LogP contribution >= 0.6 is 11.3 Å². The number of nitrogens with zero attached hydrogens (tertiary/aromatic N) is 1. The van der Waals surface area contributed by atoms with Crippen molar-refractivity contribution >= 4 is 28.2 Å². The summed E-state index contributed by atoms with van der Waals surface area (Å²) in [6.07, 6.45) is 0. The predicted molar refractivity (Wildman–Crippen MR) is 102 cm³/mol. The lowest BCUT2D eigenvalue weighted by Crippen LogP contribution is -2.19. The maximum absolute atomic E-state index is 12.2. The zero-order valence-corrected chi connectivity index (χ0v) is 15.1. The molecule has 1 aliphatic heterocycles. The number of fused-ring (bicyclic) bond motifs is 1. The molecule has 1 aromatic heterocycles. The van der Waals surface area contributed by atoms with Gasteiger partial charge in [0.1, 0.15) is 0 Å². The highest BCUT2D eigenvalue weighted by molar-refractivity contribution is 7.14. The van der Waals surface area contributed by atoms with Crippen molar-refractivity contribution in [2.75, 3.05) is 17.4 Å². The van der Waals surface area contributed by atoms with Crippen molar-refractivity contribution in [1.29, 1.82) is 0 Å². The summed E-state index contributed by atoms with van der Waals surface area (Å²) in [7, 11) is 0. The summed E-state index contributed by atoms with van der Waals surface area (Å²) in [5.74, 6) is 1.29. The maximum atomic E-state index is 12.2. The smallest absolute Gasteiger partial charge is 0.325 e. The molecule has 2 N–H and O–H groups in total. The fraction of sp³-hybridized carbons (Fsp3) is 0.158. The van der Waals surface area contributed by atoms with E-state index in [4.69, 9.17) is 9.47 Å². The van der Waals surface area contributed by atoms with Crippen molar-refractivity contribution in [3.63, 3.8) is 0 Å². The van der Waals surface area contributed by atoms with Crippen molar-refractivity contribution in [1.82, 2.24) is 4.98 Å². The van der Waals surface area contributed by atoms with Crippen LogP contribution in [-0.4, -0.2) is 17.8 Å². The third kappa shape index (κ3) is 3.34. The van der Waals surface area contributed by atoms with Gasteiger partial charge in [0, 0.05) is 22.7 Å². The number of hydrogen-bond donors (Lipinski definition) is 2. The number of aromatic nitrogens is 1. The lowest BCUT2D eigenvalue weighted by molar-refractivity contribution is 0.174. The van der Waals surface area contributed by atoms with Gasteiger partial charge in [-0.15, -0.1) is 11.3 Å². The second-order valence-corrected chi connectivity index (χ2v) is 6.84. The van der Waals surface area contributed by atoms with E-state index >= 15 is 0 Å². The molecule has 3 aromatic rings. The molecule has 132 valence electrons. The minimum atomic E-state index is -0.357. The molecule has 6 nitrogen and oxygen atoms in total. The minimum absolute atomic E-state index is 0.200. The summed E-state index contributed by atoms with van der Waals surface area (Å²) < 4.78 is 10.6. The second-order valence-electron chi connectivity index (χ2n) is 5.98. The SMILES string of the molecule is Cc1ccc(-c2csc(NC(=O)Nc3ccc4c(c3)OCO4)n2)cc1C. The Kier molecular flexibility index (Phi) is 4.22. The van der Waals surface area contributed by atoms with E-state index in [9.17, 15) is 4.79 Å². The Morgan fingerprint density at radius 2 is 1.88 bits per heavy atom. The third-order valence-electron chi connectivity index (χ3n) is 4.16. The van der Waals surface area contributed by atoms with Gasteiger partial charge < -0.3 is 14.8 Å². The molecule has 4 rings (SSSR count). The predicted octanol–water partition coefficient (Wildman–Crippen LogP) is 4.80. The van der Waals surface area contributed by atoms with Crippen LogP contribution in [0.3, 0.4) is 0 Å². The van der Waals surface area contributed by atoms with Crippen LogP contribution in [-0.2, 0) is 0 Å². The number of amides is 2. The molecular formula is C19H17N3O3S. The van der Waals surface area contributed by atoms with Crippen molar-refractivity contribution in [3.8, 4) is 22.8 Å². The molecule has 2 heterocycles. The van der Waals surface area contributed by atoms with Gasteiger partial charge in [-0.1, -0.05) is 12.1 Å². The molecular weight excluding hydrogens is 350 g/mol. The Bertz CT molecular complexity index is 984. The van der Waals surface area contributed by atoms with E-state index < -0.39 is 0 Å². The van der Waals surface area contributed by atoms with E-state index in [0.717, 1.165) is 11.3 Å². The van der Waals surface area contributed by atoms with Crippen molar-refractivity contribution in [2.45, 2.75) is 13.8 Å². The van der Waals surface area contributed by atoms with Gasteiger partial charge in [-0.2, -0.15) is 0 Å². The van der Waals surface area contributed by atoms with E-state index in [2.05, 4.69) is 41.6 Å². The van der Waals surface area contributed by atoms with Gasteiger partial charge in [-0.05, 0) is 43.2 Å². The minimum Gasteiger partial charge on any atom is -0.454 e. The van der Waals surface area contributed by atoms with E-state index in [1.807, 2.05) is 11.4 Å². The van der Waals surface area contributed by atoms with Crippen LogP contribution in [0.4, 0.5) is 15.6 Å². The van der Waals surface area contributed by atoms with E-state index in [0.29, 0.717) is 22.3 Å². The highest BCUT2D eigenvalue weighted by Crippen LogP contribution is 2.34. The topological polar surface area (TPSA) is 72.5 Å². The number of hydrogen-bond acceptors (Lipinski definition) is 5. The van der Waals surface area contributed by atoms with Gasteiger partial charge in [0.25, 0.3) is 0 Å². The van der Waals surface area contributed by atoms with E-state index in [1.165, 1.54) is 22.5 Å². The number of urea groups is 1. The number of anilines is 2. The number of carbonyl (C=O) groups is 1. The molecule has 0 bridgehead atoms. The Labute approximate surface area is 154 Å². The fourth-order valence-corrected chi connectivity index (χ4v) is 3.31. The number of aryl methyl sites for hydroxylation is 2. The quantitative estimate of drug-likeness (QED) is 0.697. The van der Waals surface area contributed by atoms with Crippen LogP contribution in [0.25, 0.3) is 11.3 Å². The Morgan fingerprint density at radius 1 is 1.04 bits per heavy atom. The molecule has 1 aliphatic rings. The van der Waals surface area contributed by atoms with Crippen molar-refractivity contribution in [2.24, 2.45) is 0 Å². The lowest BCUT2D eigenvalue weighted by atomic mass is 10.1. The molecule has 0 saturated carbocycles. The average molecular weight is 367 g/mol. The number of carbonyl (C=O) groups excluding carboxylic acids is 1. The molecule has 0 radical (unpaired) electrons. The molecule has 2 aromatic carbocycles. The molecule has 0 spiro atoms. The van der Waals surface area contributed by atoms with Gasteiger partial charge in [0.05, 0.1) is 5.69 Å². The van der Waals surface area contributed by atoms with Crippen LogP contribution in [0.1, 0.15) is 11.1 Å². The zero-order chi connectivity index (χ0) is 18.1. The molecule has 0 aliphatic carbocycles. The number of rotatable bonds is 3. The van der Waals surface area contributed by atoms with E-state index in [1.54, 1.807) is 18.2 Å². The zero-order valence-electron chi connectivity index (χ0n) is 14.3. The highest BCUT2D eigenvalue weighted by Gasteiger charge is 2.14. The van der Waals surface area contributed by atoms with Crippen LogP contribution in [0, 0.1) is 13.8 Å². The Morgan fingerprint density at radius 3 is 2.73 bits per heavy atom. The van der Waals surface area contributed by atoms with Gasteiger partial charge in [0.15, 0.2) is 16.6 Å². The highest BCUT2D eigenvalue weighted by atomic mass is 32.1. The van der Waals surface area contributed by atoms with Crippen molar-refractivity contribution in [3.05, 3.63) is 52.9 Å². The van der Waals surface area contributed by atoms with Gasteiger partial charge >= 0.3 is 6.03 Å². The Hall–Kier alpha value is -3.06. The van der Waals surface area contributed by atoms with Crippen LogP contribution in [0.2, 0.25) is 0 Å².